The van der Waals surface area contributed by atoms with Crippen molar-refractivity contribution in [3.8, 4) is 0 Å². The molecule has 86 valence electrons. The van der Waals surface area contributed by atoms with Crippen molar-refractivity contribution in [3.05, 3.63) is 0 Å². The number of hydrogen-bond acceptors (Lipinski definition) is 3. The standard InChI is InChI=1S/C11H25NO2/c1-8(7-13-6)14-10(9(2)12)11(3,4)5/h8-10H,7,12H2,1-6H3. The van der Waals surface area contributed by atoms with E-state index in [0.717, 1.165) is 0 Å². The van der Waals surface area contributed by atoms with Crippen molar-refractivity contribution >= 4 is 0 Å². The predicted octanol–water partition coefficient (Wildman–Crippen LogP) is 1.80. The average Bonchev–Trinajstić information content (AvgIpc) is 1.98. The second-order valence-electron chi connectivity index (χ2n) is 5.05. The fourth-order valence-corrected chi connectivity index (χ4v) is 1.64. The monoisotopic (exact) mass is 203 g/mol. The molecule has 2 N–H and O–H groups in total. The van der Waals surface area contributed by atoms with Crippen molar-refractivity contribution in [2.75, 3.05) is 13.7 Å². The lowest BCUT2D eigenvalue weighted by Gasteiger charge is -2.35. The van der Waals surface area contributed by atoms with E-state index in [0.29, 0.717) is 6.61 Å². The molecule has 0 aliphatic carbocycles. The van der Waals surface area contributed by atoms with Gasteiger partial charge in [0.05, 0.1) is 18.8 Å². The number of ether oxygens (including phenoxy) is 2. The van der Waals surface area contributed by atoms with Crippen molar-refractivity contribution in [3.63, 3.8) is 0 Å². The van der Waals surface area contributed by atoms with E-state index in [2.05, 4.69) is 20.8 Å². The molecule has 0 aromatic heterocycles. The van der Waals surface area contributed by atoms with E-state index in [-0.39, 0.29) is 23.7 Å². The van der Waals surface area contributed by atoms with Crippen LogP contribution in [0.1, 0.15) is 34.6 Å². The molecule has 0 fully saturated rings. The normalized spacial score (nSPS) is 19.1. The van der Waals surface area contributed by atoms with Crippen LogP contribution in [0.25, 0.3) is 0 Å². The molecule has 0 saturated heterocycles. The molecule has 0 rings (SSSR count). The molecule has 3 unspecified atom stereocenters. The van der Waals surface area contributed by atoms with Crippen LogP contribution in [-0.4, -0.2) is 32.0 Å². The highest BCUT2D eigenvalue weighted by atomic mass is 16.5. The van der Waals surface area contributed by atoms with Gasteiger partial charge in [-0.25, -0.2) is 0 Å². The number of hydrogen-bond donors (Lipinski definition) is 1. The Morgan fingerprint density at radius 1 is 1.21 bits per heavy atom. The molecule has 0 aliphatic heterocycles. The lowest BCUT2D eigenvalue weighted by Crippen LogP contribution is -2.45. The average molecular weight is 203 g/mol. The molecule has 0 spiro atoms. The Hall–Kier alpha value is -0.120. The first kappa shape index (κ1) is 13.9. The van der Waals surface area contributed by atoms with Crippen LogP contribution in [0.5, 0.6) is 0 Å². The minimum absolute atomic E-state index is 0.0364. The summed E-state index contributed by atoms with van der Waals surface area (Å²) in [7, 11) is 1.68. The second kappa shape index (κ2) is 5.69. The van der Waals surface area contributed by atoms with Gasteiger partial charge in [0.2, 0.25) is 0 Å². The van der Waals surface area contributed by atoms with Crippen LogP contribution in [0.2, 0.25) is 0 Å². The summed E-state index contributed by atoms with van der Waals surface area (Å²) in [5.74, 6) is 0. The maximum Gasteiger partial charge on any atom is 0.0785 e. The zero-order chi connectivity index (χ0) is 11.4. The van der Waals surface area contributed by atoms with Gasteiger partial charge in [-0.2, -0.15) is 0 Å². The summed E-state index contributed by atoms with van der Waals surface area (Å²) < 4.78 is 10.9. The van der Waals surface area contributed by atoms with Gasteiger partial charge in [0.1, 0.15) is 0 Å². The van der Waals surface area contributed by atoms with E-state index in [1.165, 1.54) is 0 Å². The number of nitrogens with two attached hydrogens (primary N) is 1. The molecule has 0 amide bonds. The van der Waals surface area contributed by atoms with Crippen LogP contribution in [0.15, 0.2) is 0 Å². The Labute approximate surface area is 88.0 Å². The quantitative estimate of drug-likeness (QED) is 0.741. The molecule has 0 heterocycles. The van der Waals surface area contributed by atoms with E-state index >= 15 is 0 Å². The molecule has 3 nitrogen and oxygen atoms in total. The van der Waals surface area contributed by atoms with Crippen molar-refractivity contribution < 1.29 is 9.47 Å². The predicted molar refractivity (Wildman–Crippen MR) is 59.3 cm³/mol. The van der Waals surface area contributed by atoms with Crippen LogP contribution >= 0.6 is 0 Å². The van der Waals surface area contributed by atoms with Gasteiger partial charge in [-0.05, 0) is 19.3 Å². The van der Waals surface area contributed by atoms with Crippen molar-refractivity contribution in [1.82, 2.24) is 0 Å². The van der Waals surface area contributed by atoms with Gasteiger partial charge in [0.15, 0.2) is 0 Å². The van der Waals surface area contributed by atoms with Crippen molar-refractivity contribution in [1.29, 1.82) is 0 Å². The Balaban J connectivity index is 4.24. The zero-order valence-corrected chi connectivity index (χ0v) is 10.3. The fraction of sp³-hybridized carbons (Fsp3) is 1.00. The lowest BCUT2D eigenvalue weighted by atomic mass is 9.85. The van der Waals surface area contributed by atoms with Crippen LogP contribution < -0.4 is 5.73 Å². The fourth-order valence-electron chi connectivity index (χ4n) is 1.64. The minimum Gasteiger partial charge on any atom is -0.382 e. The highest BCUT2D eigenvalue weighted by molar-refractivity contribution is 4.82. The summed E-state index contributed by atoms with van der Waals surface area (Å²) in [5.41, 5.74) is 5.97. The molecule has 0 aromatic carbocycles. The first-order valence-electron chi connectivity index (χ1n) is 5.19. The van der Waals surface area contributed by atoms with Crippen molar-refractivity contribution in [2.45, 2.75) is 52.9 Å². The molecule has 0 bridgehead atoms. The SMILES string of the molecule is COCC(C)OC(C(C)N)C(C)(C)C. The smallest absolute Gasteiger partial charge is 0.0785 e. The van der Waals surface area contributed by atoms with Gasteiger partial charge < -0.3 is 15.2 Å². The first-order chi connectivity index (χ1) is 6.29. The number of methoxy groups -OCH3 is 1. The summed E-state index contributed by atoms with van der Waals surface area (Å²) in [5, 5.41) is 0. The van der Waals surface area contributed by atoms with Crippen molar-refractivity contribution in [2.24, 2.45) is 11.1 Å². The largest absolute Gasteiger partial charge is 0.382 e. The van der Waals surface area contributed by atoms with E-state index in [1.807, 2.05) is 13.8 Å². The zero-order valence-electron chi connectivity index (χ0n) is 10.3. The van der Waals surface area contributed by atoms with Gasteiger partial charge in [-0.3, -0.25) is 0 Å². The summed E-state index contributed by atoms with van der Waals surface area (Å²) >= 11 is 0. The Morgan fingerprint density at radius 3 is 2.00 bits per heavy atom. The molecule has 0 saturated carbocycles. The topological polar surface area (TPSA) is 44.5 Å². The Bertz CT molecular complexity index is 152. The van der Waals surface area contributed by atoms with Crippen LogP contribution in [0.4, 0.5) is 0 Å². The summed E-state index contributed by atoms with van der Waals surface area (Å²) in [6, 6.07) is 0.0364. The molecule has 3 atom stereocenters. The highest BCUT2D eigenvalue weighted by Crippen LogP contribution is 2.25. The summed E-state index contributed by atoms with van der Waals surface area (Å²) in [4.78, 5) is 0. The minimum atomic E-state index is 0.0364. The third-order valence-corrected chi connectivity index (χ3v) is 2.11. The molecule has 0 aliphatic rings. The van der Waals surface area contributed by atoms with E-state index in [4.69, 9.17) is 15.2 Å². The van der Waals surface area contributed by atoms with Gasteiger partial charge >= 0.3 is 0 Å². The molecule has 0 radical (unpaired) electrons. The van der Waals surface area contributed by atoms with E-state index in [1.54, 1.807) is 7.11 Å². The van der Waals surface area contributed by atoms with E-state index in [9.17, 15) is 0 Å². The third kappa shape index (κ3) is 4.94. The van der Waals surface area contributed by atoms with Gasteiger partial charge in [0, 0.05) is 13.2 Å². The maximum absolute atomic E-state index is 5.90. The summed E-state index contributed by atoms with van der Waals surface area (Å²) in [6.45, 7) is 11.0. The lowest BCUT2D eigenvalue weighted by molar-refractivity contribution is -0.0900. The molecular formula is C11H25NO2. The molecule has 3 heteroatoms. The maximum atomic E-state index is 5.90. The van der Waals surface area contributed by atoms with Crippen LogP contribution in [0.3, 0.4) is 0 Å². The van der Waals surface area contributed by atoms with Crippen LogP contribution in [-0.2, 0) is 9.47 Å². The van der Waals surface area contributed by atoms with E-state index < -0.39 is 0 Å². The Kier molecular flexibility index (Phi) is 5.64. The number of rotatable bonds is 5. The molecule has 0 aromatic rings. The third-order valence-electron chi connectivity index (χ3n) is 2.11. The molecular weight excluding hydrogens is 178 g/mol. The van der Waals surface area contributed by atoms with Gasteiger partial charge in [-0.1, -0.05) is 20.8 Å². The second-order valence-corrected chi connectivity index (χ2v) is 5.05. The first-order valence-corrected chi connectivity index (χ1v) is 5.19. The summed E-state index contributed by atoms with van der Waals surface area (Å²) in [6.07, 6.45) is 0.155. The van der Waals surface area contributed by atoms with Crippen LogP contribution in [0, 0.1) is 5.41 Å². The molecule has 14 heavy (non-hydrogen) atoms. The van der Waals surface area contributed by atoms with Gasteiger partial charge in [0.25, 0.3) is 0 Å². The van der Waals surface area contributed by atoms with Gasteiger partial charge in [-0.15, -0.1) is 0 Å². The highest BCUT2D eigenvalue weighted by Gasteiger charge is 2.30. The Morgan fingerprint density at radius 2 is 1.71 bits per heavy atom.